The van der Waals surface area contributed by atoms with Crippen LogP contribution in [0, 0.1) is 0 Å². The molecule has 1 aromatic heterocycles. The zero-order valence-electron chi connectivity index (χ0n) is 12.1. The SMILES string of the molecule is CCN(CCOc1cccc(C(N)=S)c1)Cc1cccs1. The lowest BCUT2D eigenvalue weighted by atomic mass is 10.2. The Bertz CT molecular complexity index is 569. The average Bonchev–Trinajstić information content (AvgIpc) is 2.99. The van der Waals surface area contributed by atoms with Crippen LogP contribution in [0.15, 0.2) is 41.8 Å². The van der Waals surface area contributed by atoms with Crippen molar-refractivity contribution in [2.24, 2.45) is 5.73 Å². The third kappa shape index (κ3) is 5.12. The molecule has 0 aliphatic rings. The predicted molar refractivity (Wildman–Crippen MR) is 93.1 cm³/mol. The summed E-state index contributed by atoms with van der Waals surface area (Å²) >= 11 is 6.77. The zero-order valence-corrected chi connectivity index (χ0v) is 13.8. The second kappa shape index (κ2) is 8.12. The lowest BCUT2D eigenvalue weighted by Gasteiger charge is -2.19. The quantitative estimate of drug-likeness (QED) is 0.758. The highest BCUT2D eigenvalue weighted by molar-refractivity contribution is 7.80. The molecule has 0 amide bonds. The molecule has 2 rings (SSSR count). The summed E-state index contributed by atoms with van der Waals surface area (Å²) in [5.41, 5.74) is 6.47. The highest BCUT2D eigenvalue weighted by Crippen LogP contribution is 2.14. The fourth-order valence-corrected chi connectivity index (χ4v) is 2.88. The van der Waals surface area contributed by atoms with Gasteiger partial charge in [-0.25, -0.2) is 0 Å². The Morgan fingerprint density at radius 1 is 1.33 bits per heavy atom. The van der Waals surface area contributed by atoms with Crippen LogP contribution in [0.1, 0.15) is 17.4 Å². The molecular weight excluding hydrogens is 300 g/mol. The van der Waals surface area contributed by atoms with Crippen molar-refractivity contribution >= 4 is 28.5 Å². The number of thiophene rings is 1. The van der Waals surface area contributed by atoms with E-state index in [-0.39, 0.29) is 0 Å². The largest absolute Gasteiger partial charge is 0.492 e. The third-order valence-electron chi connectivity index (χ3n) is 3.20. The number of nitrogens with two attached hydrogens (primary N) is 1. The van der Waals surface area contributed by atoms with Crippen LogP contribution in [0.2, 0.25) is 0 Å². The lowest BCUT2D eigenvalue weighted by Crippen LogP contribution is -2.27. The first-order chi connectivity index (χ1) is 10.2. The summed E-state index contributed by atoms with van der Waals surface area (Å²) in [6.07, 6.45) is 0. The minimum absolute atomic E-state index is 0.397. The number of rotatable bonds is 8. The van der Waals surface area contributed by atoms with Crippen molar-refractivity contribution in [3.8, 4) is 5.75 Å². The Labute approximate surface area is 135 Å². The first kappa shape index (κ1) is 15.9. The standard InChI is InChI=1S/C16H20N2OS2/c1-2-18(12-15-7-4-10-21-15)8-9-19-14-6-3-5-13(11-14)16(17)20/h3-7,10-11H,2,8-9,12H2,1H3,(H2,17,20). The van der Waals surface area contributed by atoms with E-state index in [9.17, 15) is 0 Å². The van der Waals surface area contributed by atoms with Crippen molar-refractivity contribution in [1.29, 1.82) is 0 Å². The number of benzene rings is 1. The number of hydrogen-bond donors (Lipinski definition) is 1. The molecule has 3 nitrogen and oxygen atoms in total. The van der Waals surface area contributed by atoms with Gasteiger partial charge in [-0.3, -0.25) is 4.90 Å². The molecule has 0 radical (unpaired) electrons. The molecule has 0 unspecified atom stereocenters. The van der Waals surface area contributed by atoms with Crippen LogP contribution in [0.3, 0.4) is 0 Å². The highest BCUT2D eigenvalue weighted by Gasteiger charge is 2.05. The summed E-state index contributed by atoms with van der Waals surface area (Å²) in [4.78, 5) is 4.14. The zero-order chi connectivity index (χ0) is 15.1. The maximum Gasteiger partial charge on any atom is 0.120 e. The first-order valence-electron chi connectivity index (χ1n) is 6.96. The minimum atomic E-state index is 0.397. The smallest absolute Gasteiger partial charge is 0.120 e. The second-order valence-corrected chi connectivity index (χ2v) is 6.16. The predicted octanol–water partition coefficient (Wildman–Crippen LogP) is 3.28. The molecule has 2 aromatic rings. The van der Waals surface area contributed by atoms with Gasteiger partial charge in [0, 0.05) is 23.5 Å². The minimum Gasteiger partial charge on any atom is -0.492 e. The first-order valence-corrected chi connectivity index (χ1v) is 8.25. The number of thiocarbonyl (C=S) groups is 1. The van der Waals surface area contributed by atoms with E-state index in [1.165, 1.54) is 4.88 Å². The molecule has 0 bridgehead atoms. The molecule has 0 atom stereocenters. The number of likely N-dealkylation sites (N-methyl/N-ethyl adjacent to an activating group) is 1. The summed E-state index contributed by atoms with van der Waals surface area (Å²) in [7, 11) is 0. The maximum atomic E-state index is 5.79. The third-order valence-corrected chi connectivity index (χ3v) is 4.30. The molecule has 0 fully saturated rings. The Balaban J connectivity index is 1.82. The van der Waals surface area contributed by atoms with Crippen LogP contribution in [0.4, 0.5) is 0 Å². The van der Waals surface area contributed by atoms with Gasteiger partial charge in [0.2, 0.25) is 0 Å². The van der Waals surface area contributed by atoms with E-state index in [1.54, 1.807) is 11.3 Å². The molecule has 5 heteroatoms. The van der Waals surface area contributed by atoms with Crippen molar-refractivity contribution in [2.75, 3.05) is 19.7 Å². The van der Waals surface area contributed by atoms with Crippen LogP contribution < -0.4 is 10.5 Å². The molecule has 0 aliphatic heterocycles. The van der Waals surface area contributed by atoms with Gasteiger partial charge >= 0.3 is 0 Å². The molecule has 0 saturated heterocycles. The van der Waals surface area contributed by atoms with E-state index in [0.717, 1.165) is 30.9 Å². The van der Waals surface area contributed by atoms with Crippen LogP contribution in [-0.2, 0) is 6.54 Å². The molecule has 2 N–H and O–H groups in total. The summed E-state index contributed by atoms with van der Waals surface area (Å²) in [6.45, 7) is 5.70. The van der Waals surface area contributed by atoms with Gasteiger partial charge < -0.3 is 10.5 Å². The number of hydrogen-bond acceptors (Lipinski definition) is 4. The van der Waals surface area contributed by atoms with Crippen molar-refractivity contribution in [3.63, 3.8) is 0 Å². The van der Waals surface area contributed by atoms with Gasteiger partial charge in [-0.1, -0.05) is 37.3 Å². The Morgan fingerprint density at radius 3 is 2.86 bits per heavy atom. The molecule has 1 heterocycles. The van der Waals surface area contributed by atoms with E-state index >= 15 is 0 Å². The van der Waals surface area contributed by atoms with Crippen molar-refractivity contribution < 1.29 is 4.74 Å². The second-order valence-electron chi connectivity index (χ2n) is 4.69. The highest BCUT2D eigenvalue weighted by atomic mass is 32.1. The van der Waals surface area contributed by atoms with Gasteiger partial charge in [-0.05, 0) is 30.1 Å². The molecule has 0 spiro atoms. The average molecular weight is 320 g/mol. The van der Waals surface area contributed by atoms with Crippen LogP contribution in [0.5, 0.6) is 5.75 Å². The fourth-order valence-electron chi connectivity index (χ4n) is 2.00. The van der Waals surface area contributed by atoms with Gasteiger partial charge in [0.05, 0.1) is 0 Å². The molecule has 21 heavy (non-hydrogen) atoms. The van der Waals surface area contributed by atoms with Crippen LogP contribution in [0.25, 0.3) is 0 Å². The lowest BCUT2D eigenvalue weighted by molar-refractivity contribution is 0.211. The maximum absolute atomic E-state index is 5.79. The van der Waals surface area contributed by atoms with E-state index in [0.29, 0.717) is 11.6 Å². The van der Waals surface area contributed by atoms with Crippen LogP contribution in [-0.4, -0.2) is 29.6 Å². The molecule has 0 saturated carbocycles. The van der Waals surface area contributed by atoms with Gasteiger partial charge in [-0.2, -0.15) is 0 Å². The fraction of sp³-hybridized carbons (Fsp3) is 0.312. The van der Waals surface area contributed by atoms with Gasteiger partial charge in [0.15, 0.2) is 0 Å². The van der Waals surface area contributed by atoms with Crippen molar-refractivity contribution in [1.82, 2.24) is 4.90 Å². The Kier molecular flexibility index (Phi) is 6.17. The molecule has 0 aliphatic carbocycles. The van der Waals surface area contributed by atoms with Gasteiger partial charge in [0.1, 0.15) is 17.3 Å². The van der Waals surface area contributed by atoms with Crippen molar-refractivity contribution in [2.45, 2.75) is 13.5 Å². The topological polar surface area (TPSA) is 38.5 Å². The van der Waals surface area contributed by atoms with E-state index in [1.807, 2.05) is 24.3 Å². The summed E-state index contributed by atoms with van der Waals surface area (Å²) < 4.78 is 5.79. The molecule has 1 aromatic carbocycles. The molecule has 112 valence electrons. The van der Waals surface area contributed by atoms with E-state index in [2.05, 4.69) is 29.3 Å². The summed E-state index contributed by atoms with van der Waals surface area (Å²) in [6, 6.07) is 11.9. The van der Waals surface area contributed by atoms with Crippen molar-refractivity contribution in [3.05, 3.63) is 52.2 Å². The van der Waals surface area contributed by atoms with Gasteiger partial charge in [0.25, 0.3) is 0 Å². The van der Waals surface area contributed by atoms with E-state index < -0.39 is 0 Å². The monoisotopic (exact) mass is 320 g/mol. The summed E-state index contributed by atoms with van der Waals surface area (Å²) in [5.74, 6) is 0.812. The van der Waals surface area contributed by atoms with Crippen LogP contribution >= 0.6 is 23.6 Å². The number of ether oxygens (including phenoxy) is 1. The number of nitrogens with zero attached hydrogens (tertiary/aromatic N) is 1. The van der Waals surface area contributed by atoms with E-state index in [4.69, 9.17) is 22.7 Å². The Morgan fingerprint density at radius 2 is 2.19 bits per heavy atom. The summed E-state index contributed by atoms with van der Waals surface area (Å²) in [5, 5.41) is 2.11. The molecular formula is C16H20N2OS2. The Hall–Kier alpha value is -1.43. The normalized spacial score (nSPS) is 10.8. The van der Waals surface area contributed by atoms with Gasteiger partial charge in [-0.15, -0.1) is 11.3 Å².